The van der Waals surface area contributed by atoms with Crippen LogP contribution in [0.2, 0.25) is 10.0 Å². The van der Waals surface area contributed by atoms with E-state index in [1.807, 2.05) is 12.1 Å². The molecule has 0 amide bonds. The van der Waals surface area contributed by atoms with Crippen LogP contribution in [0.4, 0.5) is 0 Å². The van der Waals surface area contributed by atoms with Gasteiger partial charge in [0.2, 0.25) is 0 Å². The molecule has 0 saturated heterocycles. The molecule has 3 rings (SSSR count). The highest BCUT2D eigenvalue weighted by Crippen LogP contribution is 2.33. The fraction of sp³-hybridized carbons (Fsp3) is 0.389. The molecular weight excluding hydrogens is 343 g/mol. The van der Waals surface area contributed by atoms with Gasteiger partial charge in [-0.25, -0.2) is 15.0 Å². The molecule has 0 spiro atoms. The van der Waals surface area contributed by atoms with E-state index in [-0.39, 0.29) is 0 Å². The van der Waals surface area contributed by atoms with Crippen LogP contribution in [0.25, 0.3) is 22.4 Å². The number of unbranched alkanes of at least 4 members (excludes halogenated alkanes) is 2. The summed E-state index contributed by atoms with van der Waals surface area (Å²) in [4.78, 5) is 13.7. The number of fused-ring (bicyclic) bond motifs is 1. The first-order chi connectivity index (χ1) is 11.7. The summed E-state index contributed by atoms with van der Waals surface area (Å²) in [5, 5.41) is 1.18. The van der Waals surface area contributed by atoms with E-state index < -0.39 is 0 Å². The Hall–Kier alpha value is -1.65. The van der Waals surface area contributed by atoms with Crippen LogP contribution in [0.5, 0.6) is 0 Å². The van der Waals surface area contributed by atoms with E-state index >= 15 is 0 Å². The largest absolute Gasteiger partial charge is 0.313 e. The van der Waals surface area contributed by atoms with Crippen molar-refractivity contribution < 1.29 is 0 Å². The molecule has 2 heterocycles. The van der Waals surface area contributed by atoms with Crippen LogP contribution in [0.3, 0.4) is 0 Å². The highest BCUT2D eigenvalue weighted by molar-refractivity contribution is 6.36. The second-order valence-corrected chi connectivity index (χ2v) is 6.60. The number of imidazole rings is 1. The summed E-state index contributed by atoms with van der Waals surface area (Å²) in [5.74, 6) is 1.04. The van der Waals surface area contributed by atoms with Gasteiger partial charge < -0.3 is 4.57 Å². The van der Waals surface area contributed by atoms with Crippen molar-refractivity contribution in [3.63, 3.8) is 0 Å². The molecule has 0 fully saturated rings. The van der Waals surface area contributed by atoms with E-state index in [9.17, 15) is 0 Å². The molecule has 126 valence electrons. The van der Waals surface area contributed by atoms with Gasteiger partial charge in [-0.15, -0.1) is 0 Å². The average Bonchev–Trinajstić information content (AvgIpc) is 2.93. The SMILES string of the molecule is CCCCCn1c(CC)nc2c(-c3ccc(Cl)cc3Cl)ncnc21. The summed E-state index contributed by atoms with van der Waals surface area (Å²) >= 11 is 12.4. The predicted octanol–water partition coefficient (Wildman–Crippen LogP) is 5.55. The first-order valence-electron chi connectivity index (χ1n) is 8.31. The molecule has 3 aromatic rings. The molecule has 0 unspecified atom stereocenters. The standard InChI is InChI=1S/C18H20Cl2N4/c1-3-5-6-9-24-15(4-2)23-17-16(21-11-22-18(17)24)13-8-7-12(19)10-14(13)20/h7-8,10-11H,3-6,9H2,1-2H3. The highest BCUT2D eigenvalue weighted by Gasteiger charge is 2.17. The third-order valence-electron chi connectivity index (χ3n) is 4.10. The number of hydrogen-bond donors (Lipinski definition) is 0. The Morgan fingerprint density at radius 1 is 1.08 bits per heavy atom. The van der Waals surface area contributed by atoms with Crippen LogP contribution in [-0.4, -0.2) is 19.5 Å². The lowest BCUT2D eigenvalue weighted by atomic mass is 10.1. The van der Waals surface area contributed by atoms with Crippen molar-refractivity contribution in [1.29, 1.82) is 0 Å². The van der Waals surface area contributed by atoms with Gasteiger partial charge in [0.05, 0.1) is 5.02 Å². The Labute approximate surface area is 151 Å². The number of hydrogen-bond acceptors (Lipinski definition) is 3. The van der Waals surface area contributed by atoms with Crippen LogP contribution in [0.15, 0.2) is 24.5 Å². The number of aryl methyl sites for hydroxylation is 2. The van der Waals surface area contributed by atoms with Crippen molar-refractivity contribution in [2.24, 2.45) is 0 Å². The number of benzene rings is 1. The molecule has 0 aliphatic carbocycles. The van der Waals surface area contributed by atoms with Crippen LogP contribution in [0, 0.1) is 0 Å². The minimum absolute atomic E-state index is 0.570. The molecule has 0 bridgehead atoms. The van der Waals surface area contributed by atoms with Gasteiger partial charge in [0.15, 0.2) is 5.65 Å². The predicted molar refractivity (Wildman–Crippen MR) is 99.7 cm³/mol. The lowest BCUT2D eigenvalue weighted by Gasteiger charge is -2.07. The maximum absolute atomic E-state index is 6.37. The molecule has 24 heavy (non-hydrogen) atoms. The van der Waals surface area contributed by atoms with Crippen molar-refractivity contribution >= 4 is 34.4 Å². The fourth-order valence-electron chi connectivity index (χ4n) is 2.89. The highest BCUT2D eigenvalue weighted by atomic mass is 35.5. The second-order valence-electron chi connectivity index (χ2n) is 5.76. The fourth-order valence-corrected chi connectivity index (χ4v) is 3.38. The zero-order valence-corrected chi connectivity index (χ0v) is 15.4. The van der Waals surface area contributed by atoms with E-state index in [0.29, 0.717) is 10.0 Å². The third kappa shape index (κ3) is 3.26. The molecule has 0 aliphatic rings. The number of halogens is 2. The second kappa shape index (κ2) is 7.49. The Bertz CT molecular complexity index is 858. The molecular formula is C18H20Cl2N4. The molecule has 0 atom stereocenters. The average molecular weight is 363 g/mol. The van der Waals surface area contributed by atoms with Crippen molar-refractivity contribution in [1.82, 2.24) is 19.5 Å². The van der Waals surface area contributed by atoms with Crippen molar-refractivity contribution in [3.05, 3.63) is 40.4 Å². The molecule has 2 aromatic heterocycles. The van der Waals surface area contributed by atoms with Gasteiger partial charge in [-0.1, -0.05) is 49.9 Å². The van der Waals surface area contributed by atoms with Gasteiger partial charge in [-0.3, -0.25) is 0 Å². The molecule has 4 nitrogen and oxygen atoms in total. The number of aromatic nitrogens is 4. The summed E-state index contributed by atoms with van der Waals surface area (Å²) in [6.45, 7) is 5.24. The maximum Gasteiger partial charge on any atom is 0.164 e. The summed E-state index contributed by atoms with van der Waals surface area (Å²) in [7, 11) is 0. The van der Waals surface area contributed by atoms with Crippen molar-refractivity contribution in [3.8, 4) is 11.3 Å². The topological polar surface area (TPSA) is 43.6 Å². The zero-order valence-electron chi connectivity index (χ0n) is 13.9. The number of nitrogens with zero attached hydrogens (tertiary/aromatic N) is 4. The van der Waals surface area contributed by atoms with Gasteiger partial charge in [-0.2, -0.15) is 0 Å². The number of rotatable bonds is 6. The molecule has 0 radical (unpaired) electrons. The van der Waals surface area contributed by atoms with Gasteiger partial charge in [0.1, 0.15) is 23.4 Å². The Morgan fingerprint density at radius 3 is 2.62 bits per heavy atom. The normalized spacial score (nSPS) is 11.3. The van der Waals surface area contributed by atoms with E-state index in [1.54, 1.807) is 12.4 Å². The summed E-state index contributed by atoms with van der Waals surface area (Å²) in [6, 6.07) is 5.43. The lowest BCUT2D eigenvalue weighted by Crippen LogP contribution is -2.04. The van der Waals surface area contributed by atoms with E-state index in [1.165, 1.54) is 12.8 Å². The van der Waals surface area contributed by atoms with E-state index in [0.717, 1.165) is 47.6 Å². The Morgan fingerprint density at radius 2 is 1.92 bits per heavy atom. The van der Waals surface area contributed by atoms with Crippen molar-refractivity contribution in [2.75, 3.05) is 0 Å². The zero-order chi connectivity index (χ0) is 17.1. The maximum atomic E-state index is 6.37. The monoisotopic (exact) mass is 362 g/mol. The van der Waals surface area contributed by atoms with Gasteiger partial charge in [0.25, 0.3) is 0 Å². The van der Waals surface area contributed by atoms with Crippen LogP contribution >= 0.6 is 23.2 Å². The van der Waals surface area contributed by atoms with Gasteiger partial charge in [0, 0.05) is 23.6 Å². The summed E-state index contributed by atoms with van der Waals surface area (Å²) in [5.41, 5.74) is 3.26. The molecule has 0 aliphatic heterocycles. The molecule has 6 heteroatoms. The molecule has 0 saturated carbocycles. The van der Waals surface area contributed by atoms with E-state index in [2.05, 4.69) is 28.4 Å². The van der Waals surface area contributed by atoms with Crippen LogP contribution in [0.1, 0.15) is 38.9 Å². The summed E-state index contributed by atoms with van der Waals surface area (Å²) < 4.78 is 2.21. The van der Waals surface area contributed by atoms with Gasteiger partial charge >= 0.3 is 0 Å². The Kier molecular flexibility index (Phi) is 5.36. The minimum atomic E-state index is 0.570. The van der Waals surface area contributed by atoms with Gasteiger partial charge in [-0.05, 0) is 24.6 Å². The third-order valence-corrected chi connectivity index (χ3v) is 4.65. The molecule has 1 aromatic carbocycles. The van der Waals surface area contributed by atoms with Crippen molar-refractivity contribution in [2.45, 2.75) is 46.1 Å². The first-order valence-corrected chi connectivity index (χ1v) is 9.06. The van der Waals surface area contributed by atoms with Crippen LogP contribution < -0.4 is 0 Å². The smallest absolute Gasteiger partial charge is 0.164 e. The quantitative estimate of drug-likeness (QED) is 0.539. The Balaban J connectivity index is 2.13. The van der Waals surface area contributed by atoms with Crippen LogP contribution in [-0.2, 0) is 13.0 Å². The van der Waals surface area contributed by atoms with E-state index in [4.69, 9.17) is 28.2 Å². The first kappa shape index (κ1) is 17.2. The lowest BCUT2D eigenvalue weighted by molar-refractivity contribution is 0.591. The molecule has 0 N–H and O–H groups in total. The summed E-state index contributed by atoms with van der Waals surface area (Å²) in [6.07, 6.45) is 5.95. The minimum Gasteiger partial charge on any atom is -0.313 e.